The zero-order valence-electron chi connectivity index (χ0n) is 7.96. The number of aliphatic imine (C=N–C) groups is 1. The molecule has 2 nitrogen and oxygen atoms in total. The smallest absolute Gasteiger partial charge is 0.0712 e. The van der Waals surface area contributed by atoms with Crippen LogP contribution >= 0.6 is 0 Å². The molecule has 14 heavy (non-hydrogen) atoms. The molecule has 70 valence electrons. The fraction of sp³-hybridized carbons (Fsp3) is 0.250. The summed E-state index contributed by atoms with van der Waals surface area (Å²) in [7, 11) is 0. The van der Waals surface area contributed by atoms with Crippen molar-refractivity contribution in [3.8, 4) is 0 Å². The molecule has 2 aliphatic rings. The van der Waals surface area contributed by atoms with Crippen LogP contribution in [0.2, 0.25) is 0 Å². The number of nitrogens with one attached hydrogen (secondary N) is 1. The third-order valence-electron chi connectivity index (χ3n) is 2.72. The average molecular weight is 184 g/mol. The highest BCUT2D eigenvalue weighted by Gasteiger charge is 2.20. The molecule has 0 spiro atoms. The van der Waals surface area contributed by atoms with Crippen LogP contribution in [0.25, 0.3) is 5.57 Å². The Morgan fingerprint density at radius 3 is 3.14 bits per heavy atom. The van der Waals surface area contributed by atoms with Gasteiger partial charge in [-0.3, -0.25) is 4.99 Å². The molecule has 1 aromatic carbocycles. The van der Waals surface area contributed by atoms with E-state index >= 15 is 0 Å². The van der Waals surface area contributed by atoms with Gasteiger partial charge < -0.3 is 5.32 Å². The molecular formula is C12H12N2. The lowest BCUT2D eigenvalue weighted by molar-refractivity contribution is 0.781. The van der Waals surface area contributed by atoms with Crippen LogP contribution in [0.3, 0.4) is 0 Å². The van der Waals surface area contributed by atoms with Gasteiger partial charge in [0.15, 0.2) is 0 Å². The molecule has 0 aliphatic carbocycles. The van der Waals surface area contributed by atoms with Crippen molar-refractivity contribution in [2.24, 2.45) is 4.99 Å². The Bertz CT molecular complexity index is 430. The maximum atomic E-state index is 4.62. The minimum absolute atomic E-state index is 0.903. The van der Waals surface area contributed by atoms with Crippen molar-refractivity contribution in [3.05, 3.63) is 35.9 Å². The van der Waals surface area contributed by atoms with Crippen molar-refractivity contribution in [2.45, 2.75) is 6.42 Å². The zero-order chi connectivity index (χ0) is 9.38. The fourth-order valence-corrected chi connectivity index (χ4v) is 2.05. The quantitative estimate of drug-likeness (QED) is 0.656. The lowest BCUT2D eigenvalue weighted by Crippen LogP contribution is -2.20. The van der Waals surface area contributed by atoms with Crippen molar-refractivity contribution >= 4 is 17.0 Å². The second-order valence-electron chi connectivity index (χ2n) is 3.66. The van der Waals surface area contributed by atoms with E-state index in [4.69, 9.17) is 0 Å². The summed E-state index contributed by atoms with van der Waals surface area (Å²) in [6.07, 6.45) is 3.40. The van der Waals surface area contributed by atoms with E-state index in [1.54, 1.807) is 0 Å². The van der Waals surface area contributed by atoms with Crippen LogP contribution in [0.1, 0.15) is 12.0 Å². The van der Waals surface area contributed by atoms with E-state index in [2.05, 4.69) is 34.6 Å². The lowest BCUT2D eigenvalue weighted by atomic mass is 10.0. The third kappa shape index (κ3) is 1.11. The van der Waals surface area contributed by atoms with E-state index in [1.165, 1.54) is 16.8 Å². The van der Waals surface area contributed by atoms with Crippen LogP contribution in [-0.4, -0.2) is 18.8 Å². The number of fused-ring (bicyclic) bond motifs is 3. The highest BCUT2D eigenvalue weighted by Crippen LogP contribution is 2.34. The standard InChI is InChI=1S/C12H12N2/c1-2-6-11-9(4-1)10-5-3-7-13-8-12(10)14-11/h1-2,4-6,13H,3,7-8H2. The number of nitrogens with zero attached hydrogens (tertiary/aromatic N) is 1. The first kappa shape index (κ1) is 7.94. The van der Waals surface area contributed by atoms with Crippen LogP contribution in [-0.2, 0) is 0 Å². The normalized spacial score (nSPS) is 19.1. The van der Waals surface area contributed by atoms with E-state index in [-0.39, 0.29) is 0 Å². The molecule has 1 aromatic rings. The first-order valence-electron chi connectivity index (χ1n) is 5.03. The molecule has 0 unspecified atom stereocenters. The van der Waals surface area contributed by atoms with Crippen LogP contribution in [0.15, 0.2) is 35.3 Å². The van der Waals surface area contributed by atoms with Gasteiger partial charge in [-0.25, -0.2) is 0 Å². The van der Waals surface area contributed by atoms with Crippen molar-refractivity contribution in [3.63, 3.8) is 0 Å². The molecule has 2 heterocycles. The second kappa shape index (κ2) is 3.07. The maximum absolute atomic E-state index is 4.62. The van der Waals surface area contributed by atoms with Crippen LogP contribution < -0.4 is 5.32 Å². The molecule has 2 heteroatoms. The summed E-state index contributed by atoms with van der Waals surface area (Å²) in [5.41, 5.74) is 4.96. The van der Waals surface area contributed by atoms with Gasteiger partial charge in [0.1, 0.15) is 0 Å². The predicted molar refractivity (Wildman–Crippen MR) is 59.0 cm³/mol. The largest absolute Gasteiger partial charge is 0.311 e. The second-order valence-corrected chi connectivity index (χ2v) is 3.66. The molecule has 0 fully saturated rings. The molecule has 0 aromatic heterocycles. The van der Waals surface area contributed by atoms with Gasteiger partial charge in [-0.15, -0.1) is 0 Å². The number of para-hydroxylation sites is 1. The molecule has 0 radical (unpaired) electrons. The Morgan fingerprint density at radius 2 is 2.14 bits per heavy atom. The topological polar surface area (TPSA) is 24.4 Å². The SMILES string of the molecule is C1=C2C(=Nc3ccccc32)CNCC1. The molecular weight excluding hydrogens is 172 g/mol. The Hall–Kier alpha value is -1.41. The molecule has 1 N–H and O–H groups in total. The van der Waals surface area contributed by atoms with E-state index < -0.39 is 0 Å². The van der Waals surface area contributed by atoms with E-state index in [0.29, 0.717) is 0 Å². The number of hydrogen-bond donors (Lipinski definition) is 1. The number of rotatable bonds is 0. The van der Waals surface area contributed by atoms with Gasteiger partial charge in [0, 0.05) is 17.7 Å². The maximum Gasteiger partial charge on any atom is 0.0712 e. The molecule has 0 saturated heterocycles. The van der Waals surface area contributed by atoms with Gasteiger partial charge in [0.2, 0.25) is 0 Å². The Labute approximate surface area is 83.4 Å². The van der Waals surface area contributed by atoms with Crippen LogP contribution in [0, 0.1) is 0 Å². The number of benzene rings is 1. The molecule has 3 rings (SSSR count). The summed E-state index contributed by atoms with van der Waals surface area (Å²) in [6, 6.07) is 8.36. The summed E-state index contributed by atoms with van der Waals surface area (Å²) in [6.45, 7) is 1.96. The van der Waals surface area contributed by atoms with Gasteiger partial charge in [0.25, 0.3) is 0 Å². The predicted octanol–water partition coefficient (Wildman–Crippen LogP) is 2.15. The number of hydrogen-bond acceptors (Lipinski definition) is 2. The highest BCUT2D eigenvalue weighted by molar-refractivity contribution is 6.29. The zero-order valence-corrected chi connectivity index (χ0v) is 7.96. The fourth-order valence-electron chi connectivity index (χ4n) is 2.05. The van der Waals surface area contributed by atoms with E-state index in [9.17, 15) is 0 Å². The monoisotopic (exact) mass is 184 g/mol. The molecule has 0 atom stereocenters. The third-order valence-corrected chi connectivity index (χ3v) is 2.72. The lowest BCUT2D eigenvalue weighted by Gasteiger charge is -2.00. The first-order chi connectivity index (χ1) is 6.95. The summed E-state index contributed by atoms with van der Waals surface area (Å²) >= 11 is 0. The van der Waals surface area contributed by atoms with Crippen molar-refractivity contribution in [2.75, 3.05) is 13.1 Å². The van der Waals surface area contributed by atoms with E-state index in [0.717, 1.165) is 25.2 Å². The summed E-state index contributed by atoms with van der Waals surface area (Å²) in [5, 5.41) is 3.37. The van der Waals surface area contributed by atoms with Gasteiger partial charge in [0.05, 0.1) is 11.4 Å². The summed E-state index contributed by atoms with van der Waals surface area (Å²) in [5.74, 6) is 0. The Kier molecular flexibility index (Phi) is 1.74. The summed E-state index contributed by atoms with van der Waals surface area (Å²) in [4.78, 5) is 4.62. The Morgan fingerprint density at radius 1 is 1.21 bits per heavy atom. The van der Waals surface area contributed by atoms with Crippen LogP contribution in [0.4, 0.5) is 5.69 Å². The average Bonchev–Trinajstić information content (AvgIpc) is 2.42. The first-order valence-corrected chi connectivity index (χ1v) is 5.03. The van der Waals surface area contributed by atoms with Gasteiger partial charge in [-0.1, -0.05) is 24.3 Å². The minimum atomic E-state index is 0.903. The molecule has 0 saturated carbocycles. The van der Waals surface area contributed by atoms with Crippen molar-refractivity contribution in [1.82, 2.24) is 5.32 Å². The highest BCUT2D eigenvalue weighted by atomic mass is 14.9. The molecule has 0 amide bonds. The van der Waals surface area contributed by atoms with Crippen molar-refractivity contribution in [1.29, 1.82) is 0 Å². The Balaban J connectivity index is 2.15. The minimum Gasteiger partial charge on any atom is -0.311 e. The van der Waals surface area contributed by atoms with Gasteiger partial charge in [-0.05, 0) is 19.0 Å². The van der Waals surface area contributed by atoms with Crippen molar-refractivity contribution < 1.29 is 0 Å². The summed E-state index contributed by atoms with van der Waals surface area (Å²) < 4.78 is 0. The van der Waals surface area contributed by atoms with E-state index in [1.807, 2.05) is 6.07 Å². The molecule has 2 aliphatic heterocycles. The van der Waals surface area contributed by atoms with Gasteiger partial charge in [-0.2, -0.15) is 0 Å². The molecule has 0 bridgehead atoms. The van der Waals surface area contributed by atoms with Crippen LogP contribution in [0.5, 0.6) is 0 Å². The van der Waals surface area contributed by atoms with Gasteiger partial charge >= 0.3 is 0 Å².